The fourth-order valence-corrected chi connectivity index (χ4v) is 3.06. The monoisotopic (exact) mass is 380 g/mol. The molecule has 0 aliphatic heterocycles. The van der Waals surface area contributed by atoms with E-state index in [2.05, 4.69) is 10.1 Å². The van der Waals surface area contributed by atoms with Crippen LogP contribution < -0.4 is 5.56 Å². The van der Waals surface area contributed by atoms with Gasteiger partial charge >= 0.3 is 5.97 Å². The van der Waals surface area contributed by atoms with Gasteiger partial charge in [0.05, 0.1) is 15.5 Å². The van der Waals surface area contributed by atoms with Gasteiger partial charge in [0.2, 0.25) is 4.96 Å². The van der Waals surface area contributed by atoms with Crippen LogP contribution in [0, 0.1) is 17.0 Å². The van der Waals surface area contributed by atoms with Gasteiger partial charge < -0.3 is 4.74 Å². The number of nitro benzene ring substituents is 1. The van der Waals surface area contributed by atoms with E-state index in [0.717, 1.165) is 21.9 Å². The van der Waals surface area contributed by atoms with Crippen LogP contribution in [0.2, 0.25) is 5.02 Å². The summed E-state index contributed by atoms with van der Waals surface area (Å²) in [5.41, 5.74) is -0.177. The van der Waals surface area contributed by atoms with Crippen molar-refractivity contribution >= 4 is 39.6 Å². The van der Waals surface area contributed by atoms with Crippen LogP contribution in [-0.2, 0) is 11.3 Å². The lowest BCUT2D eigenvalue weighted by Crippen LogP contribution is -2.14. The highest BCUT2D eigenvalue weighted by Crippen LogP contribution is 2.23. The van der Waals surface area contributed by atoms with E-state index in [9.17, 15) is 19.7 Å². The zero-order chi connectivity index (χ0) is 18.1. The number of nitro groups is 1. The van der Waals surface area contributed by atoms with Crippen LogP contribution in [0.5, 0.6) is 0 Å². The summed E-state index contributed by atoms with van der Waals surface area (Å²) in [7, 11) is 0. The molecule has 0 aliphatic carbocycles. The van der Waals surface area contributed by atoms with E-state index in [4.69, 9.17) is 16.3 Å². The molecule has 2 heterocycles. The van der Waals surface area contributed by atoms with Crippen LogP contribution >= 0.6 is 22.9 Å². The Morgan fingerprint density at radius 1 is 1.44 bits per heavy atom. The van der Waals surface area contributed by atoms with E-state index in [0.29, 0.717) is 15.7 Å². The van der Waals surface area contributed by atoms with Gasteiger partial charge in [0.1, 0.15) is 6.61 Å². The number of nitrogens with zero attached hydrogens (tertiary/aromatic N) is 4. The van der Waals surface area contributed by atoms with Crippen LogP contribution in [0.3, 0.4) is 0 Å². The average Bonchev–Trinajstić information content (AvgIpc) is 2.96. The van der Waals surface area contributed by atoms with Gasteiger partial charge in [-0.05, 0) is 13.0 Å². The van der Waals surface area contributed by atoms with Crippen molar-refractivity contribution in [1.29, 1.82) is 0 Å². The van der Waals surface area contributed by atoms with Crippen molar-refractivity contribution in [3.05, 3.63) is 66.0 Å². The molecule has 0 aliphatic rings. The average molecular weight is 381 g/mol. The molecule has 0 spiro atoms. The molecule has 128 valence electrons. The van der Waals surface area contributed by atoms with Crippen molar-refractivity contribution in [2.75, 3.05) is 0 Å². The van der Waals surface area contributed by atoms with Crippen molar-refractivity contribution in [2.24, 2.45) is 0 Å². The van der Waals surface area contributed by atoms with Crippen molar-refractivity contribution in [3.63, 3.8) is 0 Å². The molecular formula is C14H9ClN4O5S. The Kier molecular flexibility index (Phi) is 4.47. The second-order valence-corrected chi connectivity index (χ2v) is 6.37. The molecule has 1 aromatic carbocycles. The molecule has 0 saturated carbocycles. The topological polar surface area (TPSA) is 117 Å². The molecule has 11 heteroatoms. The van der Waals surface area contributed by atoms with Crippen LogP contribution in [0.25, 0.3) is 4.96 Å². The van der Waals surface area contributed by atoms with Crippen molar-refractivity contribution in [2.45, 2.75) is 13.5 Å². The Bertz CT molecular complexity index is 1060. The number of rotatable bonds is 4. The molecule has 3 rings (SSSR count). The predicted molar refractivity (Wildman–Crippen MR) is 89.1 cm³/mol. The first-order chi connectivity index (χ1) is 11.8. The van der Waals surface area contributed by atoms with Gasteiger partial charge in [0.15, 0.2) is 5.01 Å². The number of carbonyl (C=O) groups is 1. The third-order valence-electron chi connectivity index (χ3n) is 3.12. The lowest BCUT2D eigenvalue weighted by atomic mass is 10.2. The zero-order valence-electron chi connectivity index (χ0n) is 12.6. The van der Waals surface area contributed by atoms with Gasteiger partial charge in [-0.3, -0.25) is 14.9 Å². The number of fused-ring (bicyclic) bond motifs is 1. The van der Waals surface area contributed by atoms with E-state index < -0.39 is 10.9 Å². The number of esters is 1. The molecule has 0 radical (unpaired) electrons. The predicted octanol–water partition coefficient (Wildman–Crippen LogP) is 2.38. The highest BCUT2D eigenvalue weighted by atomic mass is 35.5. The Balaban J connectivity index is 1.81. The van der Waals surface area contributed by atoms with Crippen molar-refractivity contribution in [1.82, 2.24) is 14.6 Å². The van der Waals surface area contributed by atoms with E-state index in [1.165, 1.54) is 18.2 Å². The van der Waals surface area contributed by atoms with E-state index in [1.807, 2.05) is 0 Å². The maximum atomic E-state index is 12.1. The van der Waals surface area contributed by atoms with E-state index >= 15 is 0 Å². The maximum Gasteiger partial charge on any atom is 0.340 e. The first-order valence-electron chi connectivity index (χ1n) is 6.82. The number of aryl methyl sites for hydroxylation is 1. The Hall–Kier alpha value is -2.85. The van der Waals surface area contributed by atoms with Crippen molar-refractivity contribution < 1.29 is 14.5 Å². The number of hydrogen-bond acceptors (Lipinski definition) is 8. The number of aromatic nitrogens is 3. The lowest BCUT2D eigenvalue weighted by Gasteiger charge is -2.04. The van der Waals surface area contributed by atoms with Gasteiger partial charge in [0.25, 0.3) is 11.2 Å². The molecule has 0 unspecified atom stereocenters. The molecule has 0 amide bonds. The second-order valence-electron chi connectivity index (χ2n) is 4.92. The summed E-state index contributed by atoms with van der Waals surface area (Å²) in [4.78, 5) is 38.6. The largest absolute Gasteiger partial charge is 0.455 e. The zero-order valence-corrected chi connectivity index (χ0v) is 14.2. The van der Waals surface area contributed by atoms with Gasteiger partial charge in [-0.1, -0.05) is 22.9 Å². The minimum absolute atomic E-state index is 0.0356. The molecule has 0 bridgehead atoms. The number of benzene rings is 1. The number of ether oxygens (including phenoxy) is 1. The molecule has 2 aromatic heterocycles. The fourth-order valence-electron chi connectivity index (χ4n) is 2.01. The summed E-state index contributed by atoms with van der Waals surface area (Å²) in [5, 5.41) is 15.2. The molecule has 0 N–H and O–H groups in total. The summed E-state index contributed by atoms with van der Waals surface area (Å²) in [5.74, 6) is -0.829. The van der Waals surface area contributed by atoms with Gasteiger partial charge in [-0.2, -0.15) is 9.61 Å². The Morgan fingerprint density at radius 2 is 2.20 bits per heavy atom. The number of hydrogen-bond donors (Lipinski definition) is 0. The quantitative estimate of drug-likeness (QED) is 0.387. The molecular weight excluding hydrogens is 372 g/mol. The summed E-state index contributed by atoms with van der Waals surface area (Å²) in [6.07, 6.45) is 0. The SMILES string of the molecule is Cc1cc(=O)n2nc(COC(=O)c3cc([N+](=O)[O-])ccc3Cl)sc2n1. The van der Waals surface area contributed by atoms with E-state index in [-0.39, 0.29) is 28.4 Å². The lowest BCUT2D eigenvalue weighted by molar-refractivity contribution is -0.384. The van der Waals surface area contributed by atoms with E-state index in [1.54, 1.807) is 6.92 Å². The highest BCUT2D eigenvalue weighted by Gasteiger charge is 2.18. The maximum absolute atomic E-state index is 12.1. The number of halogens is 1. The third-order valence-corrected chi connectivity index (χ3v) is 4.33. The standard InChI is InChI=1S/C14H9ClN4O5S/c1-7-4-12(20)18-14(16-7)25-11(17-18)6-24-13(21)9-5-8(19(22)23)2-3-10(9)15/h2-5H,6H2,1H3. The van der Waals surface area contributed by atoms with Crippen LogP contribution in [0.1, 0.15) is 21.1 Å². The Morgan fingerprint density at radius 3 is 2.92 bits per heavy atom. The summed E-state index contributed by atoms with van der Waals surface area (Å²) in [6, 6.07) is 4.82. The minimum Gasteiger partial charge on any atom is -0.455 e. The van der Waals surface area contributed by atoms with Gasteiger partial charge in [0, 0.05) is 23.9 Å². The van der Waals surface area contributed by atoms with Crippen LogP contribution in [-0.4, -0.2) is 25.5 Å². The molecule has 0 atom stereocenters. The van der Waals surface area contributed by atoms with Crippen LogP contribution in [0.4, 0.5) is 5.69 Å². The summed E-state index contributed by atoms with van der Waals surface area (Å²) < 4.78 is 6.20. The molecule has 0 saturated heterocycles. The minimum atomic E-state index is -0.829. The van der Waals surface area contributed by atoms with Gasteiger partial charge in [-0.15, -0.1) is 0 Å². The third kappa shape index (κ3) is 3.49. The normalized spacial score (nSPS) is 10.8. The summed E-state index contributed by atoms with van der Waals surface area (Å²) in [6.45, 7) is 1.47. The smallest absolute Gasteiger partial charge is 0.340 e. The molecule has 0 fully saturated rings. The molecule has 3 aromatic rings. The number of non-ortho nitro benzene ring substituents is 1. The second kappa shape index (κ2) is 6.57. The first-order valence-corrected chi connectivity index (χ1v) is 8.02. The molecule has 9 nitrogen and oxygen atoms in total. The fraction of sp³-hybridized carbons (Fsp3) is 0.143. The Labute approximate surface area is 148 Å². The summed E-state index contributed by atoms with van der Waals surface area (Å²) >= 11 is 6.99. The number of carbonyl (C=O) groups excluding carboxylic acids is 1. The van der Waals surface area contributed by atoms with Crippen LogP contribution in [0.15, 0.2) is 29.1 Å². The van der Waals surface area contributed by atoms with Crippen molar-refractivity contribution in [3.8, 4) is 0 Å². The highest BCUT2D eigenvalue weighted by molar-refractivity contribution is 7.16. The molecule has 25 heavy (non-hydrogen) atoms. The first kappa shape index (κ1) is 17.0. The van der Waals surface area contributed by atoms with Gasteiger partial charge in [-0.25, -0.2) is 9.78 Å².